The number of carbonyl (C=O) groups excluding carboxylic acids is 1. The zero-order chi connectivity index (χ0) is 11.3. The predicted molar refractivity (Wildman–Crippen MR) is 58.6 cm³/mol. The molecule has 0 bridgehead atoms. The maximum absolute atomic E-state index is 10.8. The minimum absolute atomic E-state index is 0.225. The molecule has 1 rings (SSSR count). The molecule has 0 spiro atoms. The van der Waals surface area contributed by atoms with Gasteiger partial charge in [0, 0.05) is 5.02 Å². The molecule has 0 aromatic heterocycles. The van der Waals surface area contributed by atoms with Gasteiger partial charge in [0.1, 0.15) is 5.75 Å². The van der Waals surface area contributed by atoms with E-state index in [1.165, 1.54) is 0 Å². The number of hydrazine groups is 1. The molecule has 1 amide bonds. The Hall–Kier alpha value is -1.26. The summed E-state index contributed by atoms with van der Waals surface area (Å²) in [5.41, 5.74) is 3.01. The number of ether oxygens (including phenoxy) is 1. The van der Waals surface area contributed by atoms with Crippen LogP contribution in [-0.4, -0.2) is 12.5 Å². The Labute approximate surface area is 93.3 Å². The Kier molecular flexibility index (Phi) is 4.39. The summed E-state index contributed by atoms with van der Waals surface area (Å²) in [5.74, 6) is 5.36. The Morgan fingerprint density at radius 1 is 1.60 bits per heavy atom. The third kappa shape index (κ3) is 3.77. The second kappa shape index (κ2) is 5.58. The van der Waals surface area contributed by atoms with Gasteiger partial charge in [0.05, 0.1) is 13.0 Å². The van der Waals surface area contributed by atoms with Crippen LogP contribution in [0.5, 0.6) is 5.75 Å². The van der Waals surface area contributed by atoms with E-state index in [1.54, 1.807) is 12.1 Å². The van der Waals surface area contributed by atoms with Crippen molar-refractivity contribution in [2.24, 2.45) is 5.84 Å². The van der Waals surface area contributed by atoms with Crippen LogP contribution in [0.1, 0.15) is 12.0 Å². The molecule has 3 N–H and O–H groups in total. The number of rotatable bonds is 4. The average molecular weight is 229 g/mol. The number of aryl methyl sites for hydroxylation is 1. The fraction of sp³-hybridized carbons (Fsp3) is 0.300. The first-order valence-electron chi connectivity index (χ1n) is 4.52. The second-order valence-electron chi connectivity index (χ2n) is 3.08. The smallest absolute Gasteiger partial charge is 0.237 e. The average Bonchev–Trinajstić information content (AvgIpc) is 2.23. The van der Waals surface area contributed by atoms with Gasteiger partial charge in [-0.1, -0.05) is 17.7 Å². The van der Waals surface area contributed by atoms with E-state index in [2.05, 4.69) is 0 Å². The van der Waals surface area contributed by atoms with Gasteiger partial charge in [0.2, 0.25) is 5.91 Å². The Bertz CT molecular complexity index is 355. The Morgan fingerprint density at radius 2 is 2.33 bits per heavy atom. The predicted octanol–water partition coefficient (Wildman–Crippen LogP) is 1.41. The molecule has 4 nitrogen and oxygen atoms in total. The largest absolute Gasteiger partial charge is 0.493 e. The molecular formula is C10H13ClN2O2. The van der Waals surface area contributed by atoms with Gasteiger partial charge in [-0.05, 0) is 24.6 Å². The van der Waals surface area contributed by atoms with Gasteiger partial charge in [-0.2, -0.15) is 0 Å². The molecule has 0 radical (unpaired) electrons. The fourth-order valence-corrected chi connectivity index (χ4v) is 1.22. The monoisotopic (exact) mass is 228 g/mol. The van der Waals surface area contributed by atoms with Crippen molar-refractivity contribution in [3.8, 4) is 5.75 Å². The molecule has 0 saturated heterocycles. The SMILES string of the molecule is Cc1ccc(Cl)cc1OCCC(=O)NN. The molecule has 0 aliphatic heterocycles. The minimum atomic E-state index is -0.255. The normalized spacial score (nSPS) is 9.80. The number of carbonyl (C=O) groups is 1. The number of halogens is 1. The lowest BCUT2D eigenvalue weighted by Gasteiger charge is -2.08. The van der Waals surface area contributed by atoms with E-state index in [-0.39, 0.29) is 18.9 Å². The zero-order valence-electron chi connectivity index (χ0n) is 8.42. The van der Waals surface area contributed by atoms with Crippen molar-refractivity contribution in [1.29, 1.82) is 0 Å². The van der Waals surface area contributed by atoms with Crippen molar-refractivity contribution in [2.45, 2.75) is 13.3 Å². The highest BCUT2D eigenvalue weighted by Crippen LogP contribution is 2.22. The van der Waals surface area contributed by atoms with E-state index >= 15 is 0 Å². The zero-order valence-corrected chi connectivity index (χ0v) is 9.17. The van der Waals surface area contributed by atoms with Gasteiger partial charge in [-0.15, -0.1) is 0 Å². The van der Waals surface area contributed by atoms with E-state index < -0.39 is 0 Å². The lowest BCUT2D eigenvalue weighted by Crippen LogP contribution is -2.31. The van der Waals surface area contributed by atoms with E-state index in [0.717, 1.165) is 5.56 Å². The molecule has 1 aromatic rings. The fourth-order valence-electron chi connectivity index (χ4n) is 1.06. The lowest BCUT2D eigenvalue weighted by atomic mass is 10.2. The molecule has 0 aliphatic rings. The topological polar surface area (TPSA) is 64.3 Å². The molecule has 0 aliphatic carbocycles. The van der Waals surface area contributed by atoms with E-state index in [0.29, 0.717) is 10.8 Å². The molecule has 0 saturated carbocycles. The Morgan fingerprint density at radius 3 is 3.00 bits per heavy atom. The van der Waals surface area contributed by atoms with Crippen molar-refractivity contribution in [1.82, 2.24) is 5.43 Å². The highest BCUT2D eigenvalue weighted by molar-refractivity contribution is 6.30. The van der Waals surface area contributed by atoms with Crippen molar-refractivity contribution in [2.75, 3.05) is 6.61 Å². The summed E-state index contributed by atoms with van der Waals surface area (Å²) >= 11 is 5.81. The first kappa shape index (κ1) is 11.8. The van der Waals surface area contributed by atoms with Gasteiger partial charge in [-0.3, -0.25) is 10.2 Å². The number of hydrogen-bond acceptors (Lipinski definition) is 3. The summed E-state index contributed by atoms with van der Waals surface area (Å²) in [5, 5.41) is 0.610. The highest BCUT2D eigenvalue weighted by atomic mass is 35.5. The maximum atomic E-state index is 10.8. The van der Waals surface area contributed by atoms with Gasteiger partial charge < -0.3 is 4.74 Å². The summed E-state index contributed by atoms with van der Waals surface area (Å²) in [6.07, 6.45) is 0.225. The molecule has 15 heavy (non-hydrogen) atoms. The first-order chi connectivity index (χ1) is 7.13. The molecule has 0 unspecified atom stereocenters. The maximum Gasteiger partial charge on any atom is 0.237 e. The first-order valence-corrected chi connectivity index (χ1v) is 4.89. The van der Waals surface area contributed by atoms with E-state index in [4.69, 9.17) is 22.2 Å². The highest BCUT2D eigenvalue weighted by Gasteiger charge is 2.02. The minimum Gasteiger partial charge on any atom is -0.493 e. The van der Waals surface area contributed by atoms with E-state index in [9.17, 15) is 4.79 Å². The van der Waals surface area contributed by atoms with E-state index in [1.807, 2.05) is 18.4 Å². The van der Waals surface area contributed by atoms with Crippen LogP contribution in [0.4, 0.5) is 0 Å². The summed E-state index contributed by atoms with van der Waals surface area (Å²) < 4.78 is 5.39. The number of benzene rings is 1. The summed E-state index contributed by atoms with van der Waals surface area (Å²) in [4.78, 5) is 10.8. The lowest BCUT2D eigenvalue weighted by molar-refractivity contribution is -0.121. The molecular weight excluding hydrogens is 216 g/mol. The third-order valence-corrected chi connectivity index (χ3v) is 2.13. The van der Waals surface area contributed by atoms with Gasteiger partial charge in [-0.25, -0.2) is 5.84 Å². The number of nitrogens with one attached hydrogen (secondary N) is 1. The van der Waals surface area contributed by atoms with Gasteiger partial charge in [0.25, 0.3) is 0 Å². The standard InChI is InChI=1S/C10H13ClN2O2/c1-7-2-3-8(11)6-9(7)15-5-4-10(14)13-12/h2-3,6H,4-5,12H2,1H3,(H,13,14). The van der Waals surface area contributed by atoms with Crippen LogP contribution in [0.25, 0.3) is 0 Å². The van der Waals surface area contributed by atoms with Crippen LogP contribution in [0.2, 0.25) is 5.02 Å². The summed E-state index contributed by atoms with van der Waals surface area (Å²) in [7, 11) is 0. The van der Waals surface area contributed by atoms with Gasteiger partial charge in [0.15, 0.2) is 0 Å². The van der Waals surface area contributed by atoms with Crippen molar-refractivity contribution < 1.29 is 9.53 Å². The molecule has 0 fully saturated rings. The number of nitrogens with two attached hydrogens (primary N) is 1. The number of hydrogen-bond donors (Lipinski definition) is 2. The Balaban J connectivity index is 2.50. The van der Waals surface area contributed by atoms with Crippen LogP contribution in [0, 0.1) is 6.92 Å². The quantitative estimate of drug-likeness (QED) is 0.465. The summed E-state index contributed by atoms with van der Waals surface area (Å²) in [6, 6.07) is 5.37. The molecule has 82 valence electrons. The van der Waals surface area contributed by atoms with Crippen molar-refractivity contribution in [3.05, 3.63) is 28.8 Å². The molecule has 1 aromatic carbocycles. The summed E-state index contributed by atoms with van der Waals surface area (Å²) in [6.45, 7) is 2.19. The van der Waals surface area contributed by atoms with Crippen LogP contribution in [-0.2, 0) is 4.79 Å². The number of amides is 1. The van der Waals surface area contributed by atoms with Crippen LogP contribution >= 0.6 is 11.6 Å². The van der Waals surface area contributed by atoms with Crippen LogP contribution < -0.4 is 16.0 Å². The second-order valence-corrected chi connectivity index (χ2v) is 3.51. The molecule has 0 heterocycles. The van der Waals surface area contributed by atoms with Crippen LogP contribution in [0.15, 0.2) is 18.2 Å². The van der Waals surface area contributed by atoms with Crippen molar-refractivity contribution >= 4 is 17.5 Å². The molecule has 5 heteroatoms. The van der Waals surface area contributed by atoms with Gasteiger partial charge >= 0.3 is 0 Å². The van der Waals surface area contributed by atoms with Crippen LogP contribution in [0.3, 0.4) is 0 Å². The van der Waals surface area contributed by atoms with Crippen molar-refractivity contribution in [3.63, 3.8) is 0 Å². The molecule has 0 atom stereocenters. The third-order valence-electron chi connectivity index (χ3n) is 1.90.